The molecule has 7 heteroatoms. The number of nitro groups is 1. The van der Waals surface area contributed by atoms with E-state index >= 15 is 0 Å². The summed E-state index contributed by atoms with van der Waals surface area (Å²) in [5.74, 6) is 0. The van der Waals surface area contributed by atoms with Gasteiger partial charge in [0, 0.05) is 12.1 Å². The first-order valence-corrected chi connectivity index (χ1v) is 6.56. The SMILES string of the molecule is O=[N+]([O-])c1ccc2oc(NC3(CO)CCCC3)nc2c1. The van der Waals surface area contributed by atoms with E-state index < -0.39 is 4.92 Å². The Bertz CT molecular complexity index is 646. The molecule has 20 heavy (non-hydrogen) atoms. The lowest BCUT2D eigenvalue weighted by atomic mass is 9.99. The second-order valence-electron chi connectivity index (χ2n) is 5.20. The summed E-state index contributed by atoms with van der Waals surface area (Å²) in [6, 6.07) is 4.60. The monoisotopic (exact) mass is 277 g/mol. The third-order valence-electron chi connectivity index (χ3n) is 3.82. The van der Waals surface area contributed by atoms with Crippen LogP contribution in [0.4, 0.5) is 11.7 Å². The molecule has 1 aliphatic rings. The van der Waals surface area contributed by atoms with E-state index in [9.17, 15) is 15.2 Å². The highest BCUT2D eigenvalue weighted by atomic mass is 16.6. The van der Waals surface area contributed by atoms with E-state index in [-0.39, 0.29) is 17.8 Å². The number of aliphatic hydroxyl groups is 1. The molecule has 1 aromatic carbocycles. The van der Waals surface area contributed by atoms with Gasteiger partial charge in [-0.25, -0.2) is 0 Å². The number of anilines is 1. The predicted molar refractivity (Wildman–Crippen MR) is 72.6 cm³/mol. The predicted octanol–water partition coefficient (Wildman–Crippen LogP) is 2.45. The lowest BCUT2D eigenvalue weighted by Crippen LogP contribution is -2.39. The van der Waals surface area contributed by atoms with Crippen molar-refractivity contribution in [2.75, 3.05) is 11.9 Å². The van der Waals surface area contributed by atoms with Gasteiger partial charge in [0.05, 0.1) is 17.1 Å². The van der Waals surface area contributed by atoms with Crippen molar-refractivity contribution in [1.29, 1.82) is 0 Å². The number of benzene rings is 1. The first-order valence-electron chi connectivity index (χ1n) is 6.56. The van der Waals surface area contributed by atoms with Gasteiger partial charge < -0.3 is 14.8 Å². The summed E-state index contributed by atoms with van der Waals surface area (Å²) < 4.78 is 5.54. The van der Waals surface area contributed by atoms with Gasteiger partial charge in [0.25, 0.3) is 11.7 Å². The van der Waals surface area contributed by atoms with Crippen LogP contribution in [-0.2, 0) is 0 Å². The lowest BCUT2D eigenvalue weighted by Gasteiger charge is -2.26. The number of nitrogens with zero attached hydrogens (tertiary/aromatic N) is 2. The molecule has 1 saturated carbocycles. The molecule has 0 atom stereocenters. The third-order valence-corrected chi connectivity index (χ3v) is 3.82. The standard InChI is InChI=1S/C13H15N3O4/c17-8-13(5-1-2-6-13)15-12-14-10-7-9(16(18)19)3-4-11(10)20-12/h3-4,7,17H,1-2,5-6,8H2,(H,14,15). The highest BCUT2D eigenvalue weighted by molar-refractivity contribution is 5.77. The summed E-state index contributed by atoms with van der Waals surface area (Å²) in [6.07, 6.45) is 3.84. The van der Waals surface area contributed by atoms with Crippen LogP contribution in [0.25, 0.3) is 11.1 Å². The first kappa shape index (κ1) is 12.9. The highest BCUT2D eigenvalue weighted by Gasteiger charge is 2.34. The Labute approximate surface area is 114 Å². The molecule has 3 rings (SSSR count). The number of oxazole rings is 1. The van der Waals surface area contributed by atoms with E-state index in [0.29, 0.717) is 17.1 Å². The number of aromatic nitrogens is 1. The topological polar surface area (TPSA) is 101 Å². The molecule has 0 bridgehead atoms. The summed E-state index contributed by atoms with van der Waals surface area (Å²) in [5, 5.41) is 23.4. The first-order chi connectivity index (χ1) is 9.62. The molecule has 1 heterocycles. The largest absolute Gasteiger partial charge is 0.424 e. The maximum atomic E-state index is 10.7. The molecule has 0 spiro atoms. The average molecular weight is 277 g/mol. The van der Waals surface area contributed by atoms with Crippen LogP contribution in [-0.4, -0.2) is 27.2 Å². The van der Waals surface area contributed by atoms with E-state index in [1.54, 1.807) is 0 Å². The summed E-state index contributed by atoms with van der Waals surface area (Å²) in [6.45, 7) is 0.0197. The fourth-order valence-corrected chi connectivity index (χ4v) is 2.68. The van der Waals surface area contributed by atoms with Crippen LogP contribution in [0.1, 0.15) is 25.7 Å². The van der Waals surface area contributed by atoms with E-state index in [1.807, 2.05) is 0 Å². The van der Waals surface area contributed by atoms with Crippen molar-refractivity contribution in [1.82, 2.24) is 4.98 Å². The van der Waals surface area contributed by atoms with Gasteiger partial charge in [-0.15, -0.1) is 0 Å². The molecule has 1 aromatic heterocycles. The Morgan fingerprint density at radius 1 is 1.45 bits per heavy atom. The number of hydrogen-bond acceptors (Lipinski definition) is 6. The molecular weight excluding hydrogens is 262 g/mol. The zero-order valence-corrected chi connectivity index (χ0v) is 10.8. The molecule has 106 valence electrons. The second kappa shape index (κ2) is 4.75. The maximum Gasteiger partial charge on any atom is 0.296 e. The normalized spacial score (nSPS) is 17.4. The summed E-state index contributed by atoms with van der Waals surface area (Å²) in [4.78, 5) is 14.5. The zero-order chi connectivity index (χ0) is 14.2. The third kappa shape index (κ3) is 2.20. The Hall–Kier alpha value is -2.15. The van der Waals surface area contributed by atoms with E-state index in [1.165, 1.54) is 18.2 Å². The van der Waals surface area contributed by atoms with Crippen molar-refractivity contribution in [3.05, 3.63) is 28.3 Å². The quantitative estimate of drug-likeness (QED) is 0.657. The molecule has 0 aliphatic heterocycles. The van der Waals surface area contributed by atoms with Crippen LogP contribution in [0.3, 0.4) is 0 Å². The number of nitro benzene ring substituents is 1. The van der Waals surface area contributed by atoms with E-state index in [4.69, 9.17) is 4.42 Å². The van der Waals surface area contributed by atoms with Gasteiger partial charge in [0.1, 0.15) is 5.52 Å². The van der Waals surface area contributed by atoms with Crippen molar-refractivity contribution in [2.24, 2.45) is 0 Å². The number of hydrogen-bond donors (Lipinski definition) is 2. The maximum absolute atomic E-state index is 10.7. The number of fused-ring (bicyclic) bond motifs is 1. The van der Waals surface area contributed by atoms with Crippen LogP contribution in [0.5, 0.6) is 0 Å². The molecule has 1 fully saturated rings. The minimum absolute atomic E-state index is 0.0184. The second-order valence-corrected chi connectivity index (χ2v) is 5.20. The summed E-state index contributed by atoms with van der Waals surface area (Å²) >= 11 is 0. The van der Waals surface area contributed by atoms with Crippen molar-refractivity contribution in [2.45, 2.75) is 31.2 Å². The van der Waals surface area contributed by atoms with E-state index in [2.05, 4.69) is 10.3 Å². The van der Waals surface area contributed by atoms with Gasteiger partial charge in [0.15, 0.2) is 5.58 Å². The Morgan fingerprint density at radius 2 is 2.20 bits per heavy atom. The van der Waals surface area contributed by atoms with Crippen molar-refractivity contribution in [3.8, 4) is 0 Å². The molecule has 1 aliphatic carbocycles. The number of non-ortho nitro benzene ring substituents is 1. The average Bonchev–Trinajstić information content (AvgIpc) is 3.04. The van der Waals surface area contributed by atoms with Gasteiger partial charge >= 0.3 is 0 Å². The Morgan fingerprint density at radius 3 is 2.85 bits per heavy atom. The minimum atomic E-state index is -0.465. The van der Waals surface area contributed by atoms with Crippen LogP contribution >= 0.6 is 0 Å². The molecule has 2 N–H and O–H groups in total. The minimum Gasteiger partial charge on any atom is -0.424 e. The highest BCUT2D eigenvalue weighted by Crippen LogP contribution is 2.33. The number of nitrogens with one attached hydrogen (secondary N) is 1. The van der Waals surface area contributed by atoms with Crippen molar-refractivity contribution >= 4 is 22.8 Å². The van der Waals surface area contributed by atoms with Crippen LogP contribution < -0.4 is 5.32 Å². The molecule has 0 unspecified atom stereocenters. The molecule has 0 radical (unpaired) electrons. The zero-order valence-electron chi connectivity index (χ0n) is 10.8. The molecule has 2 aromatic rings. The van der Waals surface area contributed by atoms with Gasteiger partial charge in [0.2, 0.25) is 0 Å². The van der Waals surface area contributed by atoms with Gasteiger partial charge in [-0.05, 0) is 18.9 Å². The molecule has 0 amide bonds. The Kier molecular flexibility index (Phi) is 3.06. The molecular formula is C13H15N3O4. The van der Waals surface area contributed by atoms with Crippen LogP contribution in [0, 0.1) is 10.1 Å². The van der Waals surface area contributed by atoms with Gasteiger partial charge in [-0.3, -0.25) is 10.1 Å². The smallest absolute Gasteiger partial charge is 0.296 e. The lowest BCUT2D eigenvalue weighted by molar-refractivity contribution is -0.384. The fraction of sp³-hybridized carbons (Fsp3) is 0.462. The van der Waals surface area contributed by atoms with Crippen LogP contribution in [0.15, 0.2) is 22.6 Å². The van der Waals surface area contributed by atoms with E-state index in [0.717, 1.165) is 25.7 Å². The molecule has 0 saturated heterocycles. The van der Waals surface area contributed by atoms with Gasteiger partial charge in [-0.1, -0.05) is 12.8 Å². The molecule has 7 nitrogen and oxygen atoms in total. The van der Waals surface area contributed by atoms with Crippen molar-refractivity contribution in [3.63, 3.8) is 0 Å². The van der Waals surface area contributed by atoms with Crippen LogP contribution in [0.2, 0.25) is 0 Å². The number of rotatable bonds is 4. The summed E-state index contributed by atoms with van der Waals surface area (Å²) in [5.41, 5.74) is 0.527. The summed E-state index contributed by atoms with van der Waals surface area (Å²) in [7, 11) is 0. The number of aliphatic hydroxyl groups excluding tert-OH is 1. The fourth-order valence-electron chi connectivity index (χ4n) is 2.68. The Balaban J connectivity index is 1.91. The van der Waals surface area contributed by atoms with Gasteiger partial charge in [-0.2, -0.15) is 4.98 Å². The van der Waals surface area contributed by atoms with Crippen molar-refractivity contribution < 1.29 is 14.4 Å².